The highest BCUT2D eigenvalue weighted by Gasteiger charge is 2.35. The molecule has 0 aromatic heterocycles. The Morgan fingerprint density at radius 1 is 0.966 bits per heavy atom. The number of imide groups is 1. The molecule has 3 rings (SSSR count). The van der Waals surface area contributed by atoms with Crippen molar-refractivity contribution in [2.75, 3.05) is 13.6 Å². The van der Waals surface area contributed by atoms with E-state index in [-0.39, 0.29) is 18.9 Å². The third-order valence-electron chi connectivity index (χ3n) is 4.71. The zero-order chi connectivity index (χ0) is 21.0. The standard InChI is InChI=1S/C22H22N2O5/c1-15(20(26)23(2)14-16-8-4-3-5-9-16)29-19(25)12-13-24-21(27)17-10-6-7-11-18(17)22(24)28/h3-11,15H,12-14H2,1-2H3/t15-/m0/s1. The summed E-state index contributed by atoms with van der Waals surface area (Å²) in [5.74, 6) is -1.83. The van der Waals surface area contributed by atoms with E-state index in [2.05, 4.69) is 0 Å². The van der Waals surface area contributed by atoms with Gasteiger partial charge in [-0.2, -0.15) is 0 Å². The summed E-state index contributed by atoms with van der Waals surface area (Å²) >= 11 is 0. The first kappa shape index (κ1) is 20.3. The lowest BCUT2D eigenvalue weighted by molar-refractivity contribution is -0.158. The summed E-state index contributed by atoms with van der Waals surface area (Å²) < 4.78 is 5.20. The lowest BCUT2D eigenvalue weighted by Crippen LogP contribution is -2.38. The average Bonchev–Trinajstić information content (AvgIpc) is 2.97. The molecule has 7 heteroatoms. The molecule has 2 aromatic rings. The van der Waals surface area contributed by atoms with Crippen LogP contribution in [0.3, 0.4) is 0 Å². The summed E-state index contributed by atoms with van der Waals surface area (Å²) in [5.41, 5.74) is 1.63. The Morgan fingerprint density at radius 2 is 1.52 bits per heavy atom. The number of nitrogens with zero attached hydrogens (tertiary/aromatic N) is 2. The van der Waals surface area contributed by atoms with Gasteiger partial charge in [-0.3, -0.25) is 24.1 Å². The molecule has 7 nitrogen and oxygen atoms in total. The van der Waals surface area contributed by atoms with Crippen LogP contribution in [0.4, 0.5) is 0 Å². The van der Waals surface area contributed by atoms with Gasteiger partial charge in [-0.25, -0.2) is 0 Å². The van der Waals surface area contributed by atoms with E-state index < -0.39 is 23.9 Å². The van der Waals surface area contributed by atoms with Gasteiger partial charge in [0.2, 0.25) is 0 Å². The fourth-order valence-electron chi connectivity index (χ4n) is 3.20. The number of carbonyl (C=O) groups is 4. The Hall–Kier alpha value is -3.48. The van der Waals surface area contributed by atoms with Gasteiger partial charge in [0.05, 0.1) is 17.5 Å². The molecule has 0 unspecified atom stereocenters. The monoisotopic (exact) mass is 394 g/mol. The minimum absolute atomic E-state index is 0.0913. The molecule has 0 spiro atoms. The molecular weight excluding hydrogens is 372 g/mol. The van der Waals surface area contributed by atoms with Gasteiger partial charge in [0, 0.05) is 20.1 Å². The van der Waals surface area contributed by atoms with Crippen molar-refractivity contribution in [2.45, 2.75) is 26.0 Å². The Morgan fingerprint density at radius 3 is 2.10 bits per heavy atom. The van der Waals surface area contributed by atoms with E-state index in [0.717, 1.165) is 10.5 Å². The first-order valence-electron chi connectivity index (χ1n) is 9.32. The van der Waals surface area contributed by atoms with Crippen molar-refractivity contribution in [1.29, 1.82) is 0 Å². The molecule has 0 radical (unpaired) electrons. The molecule has 150 valence electrons. The first-order chi connectivity index (χ1) is 13.9. The number of hydrogen-bond acceptors (Lipinski definition) is 5. The number of likely N-dealkylation sites (N-methyl/N-ethyl adjacent to an activating group) is 1. The Labute approximate surface area is 168 Å². The van der Waals surface area contributed by atoms with Crippen LogP contribution in [0.5, 0.6) is 0 Å². The molecule has 0 N–H and O–H groups in total. The van der Waals surface area contributed by atoms with Crippen LogP contribution in [0.15, 0.2) is 54.6 Å². The summed E-state index contributed by atoms with van der Waals surface area (Å²) in [6.45, 7) is 1.81. The third kappa shape index (κ3) is 4.51. The van der Waals surface area contributed by atoms with Crippen molar-refractivity contribution in [1.82, 2.24) is 9.80 Å². The summed E-state index contributed by atoms with van der Waals surface area (Å²) in [6, 6.07) is 16.0. The van der Waals surface area contributed by atoms with Crippen LogP contribution in [-0.2, 0) is 20.9 Å². The number of hydrogen-bond donors (Lipinski definition) is 0. The molecule has 29 heavy (non-hydrogen) atoms. The second-order valence-corrected chi connectivity index (χ2v) is 6.87. The van der Waals surface area contributed by atoms with Crippen LogP contribution in [0, 0.1) is 0 Å². The molecule has 1 atom stereocenters. The van der Waals surface area contributed by atoms with Gasteiger partial charge >= 0.3 is 5.97 Å². The number of carbonyl (C=O) groups excluding carboxylic acids is 4. The van der Waals surface area contributed by atoms with E-state index in [1.807, 2.05) is 30.3 Å². The number of fused-ring (bicyclic) bond motifs is 1. The SMILES string of the molecule is C[C@H](OC(=O)CCN1C(=O)c2ccccc2C1=O)C(=O)N(C)Cc1ccccc1. The molecule has 3 amide bonds. The van der Waals surface area contributed by atoms with Gasteiger partial charge in [0.25, 0.3) is 17.7 Å². The highest BCUT2D eigenvalue weighted by atomic mass is 16.5. The summed E-state index contributed by atoms with van der Waals surface area (Å²) in [7, 11) is 1.64. The fourth-order valence-corrected chi connectivity index (χ4v) is 3.20. The Kier molecular flexibility index (Phi) is 6.07. The molecule has 2 aromatic carbocycles. The maximum Gasteiger partial charge on any atom is 0.308 e. The molecule has 1 aliphatic heterocycles. The molecule has 0 bridgehead atoms. The van der Waals surface area contributed by atoms with Crippen molar-refractivity contribution >= 4 is 23.7 Å². The van der Waals surface area contributed by atoms with Crippen LogP contribution in [0.25, 0.3) is 0 Å². The van der Waals surface area contributed by atoms with Gasteiger partial charge in [-0.05, 0) is 24.6 Å². The van der Waals surface area contributed by atoms with Gasteiger partial charge in [-0.15, -0.1) is 0 Å². The Bertz CT molecular complexity index is 906. The van der Waals surface area contributed by atoms with Crippen molar-refractivity contribution < 1.29 is 23.9 Å². The van der Waals surface area contributed by atoms with Gasteiger partial charge < -0.3 is 9.64 Å². The van der Waals surface area contributed by atoms with Crippen molar-refractivity contribution in [3.05, 3.63) is 71.3 Å². The van der Waals surface area contributed by atoms with E-state index in [9.17, 15) is 19.2 Å². The van der Waals surface area contributed by atoms with Gasteiger partial charge in [0.15, 0.2) is 6.10 Å². The second-order valence-electron chi connectivity index (χ2n) is 6.87. The maximum absolute atomic E-state index is 12.4. The summed E-state index contributed by atoms with van der Waals surface area (Å²) in [5, 5.41) is 0. The minimum Gasteiger partial charge on any atom is -0.452 e. The van der Waals surface area contributed by atoms with Crippen molar-refractivity contribution in [2.24, 2.45) is 0 Å². The normalized spacial score (nSPS) is 13.8. The van der Waals surface area contributed by atoms with Crippen molar-refractivity contribution in [3.8, 4) is 0 Å². The van der Waals surface area contributed by atoms with E-state index in [1.54, 1.807) is 31.3 Å². The molecule has 0 saturated carbocycles. The molecule has 1 heterocycles. The topological polar surface area (TPSA) is 84.0 Å². The van der Waals surface area contributed by atoms with Crippen LogP contribution < -0.4 is 0 Å². The number of amides is 3. The highest BCUT2D eigenvalue weighted by molar-refractivity contribution is 6.21. The number of rotatable bonds is 7. The van der Waals surface area contributed by atoms with E-state index in [0.29, 0.717) is 17.7 Å². The minimum atomic E-state index is -0.960. The Balaban J connectivity index is 1.50. The number of esters is 1. The van der Waals surface area contributed by atoms with Crippen molar-refractivity contribution in [3.63, 3.8) is 0 Å². The van der Waals surface area contributed by atoms with E-state index in [4.69, 9.17) is 4.74 Å². The number of benzene rings is 2. The largest absolute Gasteiger partial charge is 0.452 e. The molecular formula is C22H22N2O5. The quantitative estimate of drug-likeness (QED) is 0.531. The zero-order valence-electron chi connectivity index (χ0n) is 16.3. The predicted octanol–water partition coefficient (Wildman–Crippen LogP) is 2.26. The molecule has 0 aliphatic carbocycles. The zero-order valence-corrected chi connectivity index (χ0v) is 16.3. The predicted molar refractivity (Wildman–Crippen MR) is 105 cm³/mol. The fraction of sp³-hybridized carbons (Fsp3) is 0.273. The maximum atomic E-state index is 12.4. The van der Waals surface area contributed by atoms with Gasteiger partial charge in [-0.1, -0.05) is 42.5 Å². The van der Waals surface area contributed by atoms with E-state index >= 15 is 0 Å². The third-order valence-corrected chi connectivity index (χ3v) is 4.71. The highest BCUT2D eigenvalue weighted by Crippen LogP contribution is 2.22. The summed E-state index contributed by atoms with van der Waals surface area (Å²) in [4.78, 5) is 51.7. The first-order valence-corrected chi connectivity index (χ1v) is 9.32. The van der Waals surface area contributed by atoms with Crippen LogP contribution >= 0.6 is 0 Å². The van der Waals surface area contributed by atoms with Crippen LogP contribution in [0.2, 0.25) is 0 Å². The van der Waals surface area contributed by atoms with E-state index in [1.165, 1.54) is 11.8 Å². The lowest BCUT2D eigenvalue weighted by atomic mass is 10.1. The second kappa shape index (κ2) is 8.68. The van der Waals surface area contributed by atoms with Crippen LogP contribution in [-0.4, -0.2) is 53.2 Å². The van der Waals surface area contributed by atoms with Crippen LogP contribution in [0.1, 0.15) is 39.6 Å². The lowest BCUT2D eigenvalue weighted by Gasteiger charge is -2.22. The summed E-state index contributed by atoms with van der Waals surface area (Å²) in [6.07, 6.45) is -1.13. The smallest absolute Gasteiger partial charge is 0.308 e. The molecule has 1 aliphatic rings. The molecule has 0 fully saturated rings. The average molecular weight is 394 g/mol. The van der Waals surface area contributed by atoms with Gasteiger partial charge in [0.1, 0.15) is 0 Å². The molecule has 0 saturated heterocycles. The number of ether oxygens (including phenoxy) is 1.